The number of anilines is 1. The van der Waals surface area contributed by atoms with Gasteiger partial charge in [0.25, 0.3) is 0 Å². The topological polar surface area (TPSA) is 64.3 Å². The fourth-order valence-electron chi connectivity index (χ4n) is 1.67. The Kier molecular flexibility index (Phi) is 4.91. The molecule has 1 aromatic heterocycles. The lowest BCUT2D eigenvalue weighted by Gasteiger charge is -2.15. The van der Waals surface area contributed by atoms with Crippen LogP contribution in [0, 0.1) is 0 Å². The highest BCUT2D eigenvalue weighted by Crippen LogP contribution is 2.36. The van der Waals surface area contributed by atoms with Crippen molar-refractivity contribution in [1.29, 1.82) is 0 Å². The summed E-state index contributed by atoms with van der Waals surface area (Å²) in [6.07, 6.45) is 0. The molecule has 1 heterocycles. The van der Waals surface area contributed by atoms with E-state index in [-0.39, 0.29) is 0 Å². The monoisotopic (exact) mass is 374 g/mol. The number of thiophene rings is 1. The van der Waals surface area contributed by atoms with Crippen LogP contribution >= 0.6 is 38.9 Å². The van der Waals surface area contributed by atoms with Gasteiger partial charge in [-0.15, -0.1) is 11.3 Å². The van der Waals surface area contributed by atoms with Crippen molar-refractivity contribution in [3.8, 4) is 5.75 Å². The Morgan fingerprint density at radius 3 is 2.80 bits per heavy atom. The first-order chi connectivity index (χ1) is 9.51. The van der Waals surface area contributed by atoms with Gasteiger partial charge in [0, 0.05) is 21.1 Å². The van der Waals surface area contributed by atoms with Crippen molar-refractivity contribution in [2.24, 2.45) is 5.73 Å². The number of nitrogens with two attached hydrogens (primary N) is 1. The standard InChI is InChI=1S/C13H12BrClN2O2S/c1-19-8-4-2-3-7(5-8)17-11(13(16)18)10-6-9(14)12(15)20-10/h2-6,11,17H,1H3,(H2,16,18). The van der Waals surface area contributed by atoms with Crippen molar-refractivity contribution >= 4 is 50.5 Å². The molecule has 0 saturated carbocycles. The summed E-state index contributed by atoms with van der Waals surface area (Å²) in [6.45, 7) is 0. The number of carbonyl (C=O) groups excluding carboxylic acids is 1. The third-order valence-corrected chi connectivity index (χ3v) is 5.15. The van der Waals surface area contributed by atoms with Gasteiger partial charge >= 0.3 is 0 Å². The number of halogens is 2. The van der Waals surface area contributed by atoms with E-state index in [4.69, 9.17) is 22.1 Å². The van der Waals surface area contributed by atoms with Crippen LogP contribution in [0.1, 0.15) is 10.9 Å². The van der Waals surface area contributed by atoms with Crippen molar-refractivity contribution in [3.63, 3.8) is 0 Å². The fourth-order valence-corrected chi connectivity index (χ4v) is 3.46. The molecule has 0 aliphatic rings. The molecule has 0 aliphatic heterocycles. The van der Waals surface area contributed by atoms with E-state index in [2.05, 4.69) is 21.2 Å². The van der Waals surface area contributed by atoms with Gasteiger partial charge in [-0.1, -0.05) is 17.7 Å². The van der Waals surface area contributed by atoms with Gasteiger partial charge in [-0.2, -0.15) is 0 Å². The molecule has 1 amide bonds. The molecule has 0 fully saturated rings. The van der Waals surface area contributed by atoms with Crippen molar-refractivity contribution in [2.45, 2.75) is 6.04 Å². The molecule has 106 valence electrons. The maximum atomic E-state index is 11.7. The van der Waals surface area contributed by atoms with Crippen LogP contribution in [0.15, 0.2) is 34.8 Å². The van der Waals surface area contributed by atoms with Crippen molar-refractivity contribution in [1.82, 2.24) is 0 Å². The highest BCUT2D eigenvalue weighted by molar-refractivity contribution is 9.10. The van der Waals surface area contributed by atoms with E-state index in [9.17, 15) is 4.79 Å². The number of carbonyl (C=O) groups is 1. The van der Waals surface area contributed by atoms with E-state index in [1.54, 1.807) is 19.2 Å². The summed E-state index contributed by atoms with van der Waals surface area (Å²) in [4.78, 5) is 12.4. The van der Waals surface area contributed by atoms with E-state index < -0.39 is 11.9 Å². The van der Waals surface area contributed by atoms with Crippen LogP contribution < -0.4 is 15.8 Å². The maximum Gasteiger partial charge on any atom is 0.245 e. The number of benzene rings is 1. The zero-order valence-electron chi connectivity index (χ0n) is 10.5. The molecular formula is C13H12BrClN2O2S. The molecule has 3 N–H and O–H groups in total. The Morgan fingerprint density at radius 1 is 1.50 bits per heavy atom. The van der Waals surface area contributed by atoms with Gasteiger partial charge in [-0.3, -0.25) is 4.79 Å². The fraction of sp³-hybridized carbons (Fsp3) is 0.154. The first-order valence-corrected chi connectivity index (χ1v) is 7.64. The SMILES string of the molecule is COc1cccc(NC(C(N)=O)c2cc(Br)c(Cl)s2)c1. The molecule has 1 atom stereocenters. The molecule has 0 spiro atoms. The Hall–Kier alpha value is -1.24. The number of nitrogens with one attached hydrogen (secondary N) is 1. The highest BCUT2D eigenvalue weighted by atomic mass is 79.9. The maximum absolute atomic E-state index is 11.7. The molecule has 2 rings (SSSR count). The van der Waals surface area contributed by atoms with Crippen LogP contribution in [-0.4, -0.2) is 13.0 Å². The third kappa shape index (κ3) is 3.45. The molecule has 0 aliphatic carbocycles. The van der Waals surface area contributed by atoms with Gasteiger partial charge in [0.1, 0.15) is 16.1 Å². The number of amides is 1. The average Bonchev–Trinajstić information content (AvgIpc) is 2.75. The second-order valence-corrected chi connectivity index (χ2v) is 6.52. The minimum Gasteiger partial charge on any atom is -0.497 e. The molecule has 20 heavy (non-hydrogen) atoms. The van der Waals surface area contributed by atoms with Crippen molar-refractivity contribution in [2.75, 3.05) is 12.4 Å². The largest absolute Gasteiger partial charge is 0.497 e. The average molecular weight is 376 g/mol. The number of ether oxygens (including phenoxy) is 1. The van der Waals surface area contributed by atoms with Gasteiger partial charge < -0.3 is 15.8 Å². The number of primary amides is 1. The number of hydrogen-bond acceptors (Lipinski definition) is 4. The summed E-state index contributed by atoms with van der Waals surface area (Å²) >= 11 is 10.6. The quantitative estimate of drug-likeness (QED) is 0.835. The van der Waals surface area contributed by atoms with Crippen LogP contribution in [0.5, 0.6) is 5.75 Å². The number of methoxy groups -OCH3 is 1. The lowest BCUT2D eigenvalue weighted by atomic mass is 10.2. The van der Waals surface area contributed by atoms with E-state index in [1.165, 1.54) is 11.3 Å². The molecule has 0 bridgehead atoms. The lowest BCUT2D eigenvalue weighted by molar-refractivity contribution is -0.118. The summed E-state index contributed by atoms with van der Waals surface area (Å²) in [5.41, 5.74) is 6.21. The van der Waals surface area contributed by atoms with Gasteiger partial charge in [-0.05, 0) is 34.1 Å². The molecule has 0 saturated heterocycles. The first kappa shape index (κ1) is 15.2. The minimum absolute atomic E-state index is 0.474. The van der Waals surface area contributed by atoms with E-state index in [0.717, 1.165) is 15.0 Å². The molecule has 1 unspecified atom stereocenters. The summed E-state index contributed by atoms with van der Waals surface area (Å²) in [5.74, 6) is 0.224. The summed E-state index contributed by atoms with van der Waals surface area (Å²) in [6, 6.07) is 8.42. The first-order valence-electron chi connectivity index (χ1n) is 5.66. The molecule has 4 nitrogen and oxygen atoms in total. The van der Waals surface area contributed by atoms with Gasteiger partial charge in [0.2, 0.25) is 5.91 Å². The van der Waals surface area contributed by atoms with Crippen molar-refractivity contribution in [3.05, 3.63) is 44.0 Å². The van der Waals surface area contributed by atoms with Crippen LogP contribution in [-0.2, 0) is 4.79 Å². The molecule has 1 aromatic carbocycles. The second-order valence-electron chi connectivity index (χ2n) is 3.98. The van der Waals surface area contributed by atoms with Crippen molar-refractivity contribution < 1.29 is 9.53 Å². The molecular weight excluding hydrogens is 364 g/mol. The van der Waals surface area contributed by atoms with Gasteiger partial charge in [0.15, 0.2) is 0 Å². The Bertz CT molecular complexity index is 613. The van der Waals surface area contributed by atoms with E-state index >= 15 is 0 Å². The minimum atomic E-state index is -0.643. The lowest BCUT2D eigenvalue weighted by Crippen LogP contribution is -2.26. The predicted molar refractivity (Wildman–Crippen MR) is 85.6 cm³/mol. The predicted octanol–water partition coefficient (Wildman–Crippen LogP) is 3.81. The summed E-state index contributed by atoms with van der Waals surface area (Å²) in [5, 5.41) is 3.09. The molecule has 2 aromatic rings. The number of rotatable bonds is 5. The summed E-state index contributed by atoms with van der Waals surface area (Å²) < 4.78 is 6.47. The molecule has 0 radical (unpaired) electrons. The zero-order chi connectivity index (χ0) is 14.7. The normalized spacial score (nSPS) is 11.9. The highest BCUT2D eigenvalue weighted by Gasteiger charge is 2.21. The smallest absolute Gasteiger partial charge is 0.245 e. The van der Waals surface area contributed by atoms with Crippen LogP contribution in [0.2, 0.25) is 4.34 Å². The Balaban J connectivity index is 2.27. The van der Waals surface area contributed by atoms with E-state index in [1.807, 2.05) is 18.2 Å². The Morgan fingerprint density at radius 2 is 2.25 bits per heavy atom. The Labute approximate surface area is 134 Å². The zero-order valence-corrected chi connectivity index (χ0v) is 13.7. The molecule has 7 heteroatoms. The second kappa shape index (κ2) is 6.47. The van der Waals surface area contributed by atoms with Gasteiger partial charge in [0.05, 0.1) is 7.11 Å². The van der Waals surface area contributed by atoms with Crippen LogP contribution in [0.25, 0.3) is 0 Å². The third-order valence-electron chi connectivity index (χ3n) is 2.61. The van der Waals surface area contributed by atoms with Gasteiger partial charge in [-0.25, -0.2) is 0 Å². The number of hydrogen-bond donors (Lipinski definition) is 2. The van der Waals surface area contributed by atoms with E-state index in [0.29, 0.717) is 10.1 Å². The summed E-state index contributed by atoms with van der Waals surface area (Å²) in [7, 11) is 1.58. The van der Waals surface area contributed by atoms with Crippen LogP contribution in [0.3, 0.4) is 0 Å². The van der Waals surface area contributed by atoms with Crippen LogP contribution in [0.4, 0.5) is 5.69 Å².